The maximum atomic E-state index is 12.4. The Balaban J connectivity index is 2.37. The van der Waals surface area contributed by atoms with E-state index < -0.39 is 24.3 Å². The summed E-state index contributed by atoms with van der Waals surface area (Å²) in [6, 6.07) is 5.84. The monoisotopic (exact) mass is 501 g/mol. The molecule has 1 aromatic carbocycles. The van der Waals surface area contributed by atoms with Crippen LogP contribution in [0.25, 0.3) is 6.08 Å². The Labute approximate surface area is 208 Å². The average molecular weight is 502 g/mol. The maximum Gasteiger partial charge on any atom is 0.417 e. The Morgan fingerprint density at radius 3 is 2.03 bits per heavy atom. The highest BCUT2D eigenvalue weighted by atomic mass is 19.4. The van der Waals surface area contributed by atoms with Gasteiger partial charge in [-0.2, -0.15) is 13.2 Å². The Kier molecular flexibility index (Phi) is 15.4. The van der Waals surface area contributed by atoms with Gasteiger partial charge < -0.3 is 14.9 Å². The van der Waals surface area contributed by atoms with Crippen molar-refractivity contribution in [2.24, 2.45) is 0 Å². The van der Waals surface area contributed by atoms with Gasteiger partial charge in [-0.25, -0.2) is 0 Å². The van der Waals surface area contributed by atoms with Crippen molar-refractivity contribution in [3.63, 3.8) is 0 Å². The third kappa shape index (κ3) is 14.2. The van der Waals surface area contributed by atoms with E-state index >= 15 is 0 Å². The largest absolute Gasteiger partial charge is 0.492 e. The summed E-state index contributed by atoms with van der Waals surface area (Å²) in [5.74, 6) is -0.324. The Morgan fingerprint density at radius 1 is 0.971 bits per heavy atom. The lowest BCUT2D eigenvalue weighted by molar-refractivity contribution is -0.187. The Morgan fingerprint density at radius 2 is 1.51 bits per heavy atom. The van der Waals surface area contributed by atoms with Crippen molar-refractivity contribution in [3.05, 3.63) is 35.9 Å². The zero-order chi connectivity index (χ0) is 26.1. The van der Waals surface area contributed by atoms with Crippen molar-refractivity contribution in [3.8, 4) is 5.75 Å². The van der Waals surface area contributed by atoms with Crippen molar-refractivity contribution in [1.29, 1.82) is 0 Å². The van der Waals surface area contributed by atoms with Gasteiger partial charge in [0.25, 0.3) is 0 Å². The van der Waals surface area contributed by atoms with Crippen LogP contribution in [-0.2, 0) is 4.79 Å². The number of ether oxygens (including phenoxy) is 1. The number of hydrogen-bond acceptors (Lipinski definition) is 4. The van der Waals surface area contributed by atoms with E-state index in [0.29, 0.717) is 37.1 Å². The second-order valence-corrected chi connectivity index (χ2v) is 9.00. The lowest BCUT2D eigenvalue weighted by atomic mass is 10.1. The predicted molar refractivity (Wildman–Crippen MR) is 134 cm³/mol. The molecule has 8 heteroatoms. The van der Waals surface area contributed by atoms with E-state index in [0.717, 1.165) is 12.8 Å². The molecule has 0 saturated carbocycles. The van der Waals surface area contributed by atoms with Crippen LogP contribution in [0, 0.1) is 0 Å². The number of unbranched alkanes of at least 4 members (excludes halogenated alkanes) is 9. The molecular formula is C27H42F3NO4. The second kappa shape index (κ2) is 17.4. The van der Waals surface area contributed by atoms with Crippen molar-refractivity contribution in [2.75, 3.05) is 19.7 Å². The summed E-state index contributed by atoms with van der Waals surface area (Å²) >= 11 is 0. The average Bonchev–Trinajstić information content (AvgIpc) is 2.82. The van der Waals surface area contributed by atoms with Crippen LogP contribution in [-0.4, -0.2) is 59.1 Å². The third-order valence-electron chi connectivity index (χ3n) is 6.04. The quantitative estimate of drug-likeness (QED) is 0.207. The molecule has 1 aromatic rings. The normalized spacial score (nSPS) is 13.9. The summed E-state index contributed by atoms with van der Waals surface area (Å²) in [6.07, 6.45) is 6.91. The van der Waals surface area contributed by atoms with Crippen molar-refractivity contribution >= 4 is 12.0 Å². The first-order valence-corrected chi connectivity index (χ1v) is 12.8. The van der Waals surface area contributed by atoms with Crippen LogP contribution in [0.1, 0.15) is 83.6 Å². The highest BCUT2D eigenvalue weighted by Crippen LogP contribution is 2.22. The van der Waals surface area contributed by atoms with Gasteiger partial charge in [-0.05, 0) is 43.7 Å². The lowest BCUT2D eigenvalue weighted by Crippen LogP contribution is -2.41. The molecule has 0 spiro atoms. The fourth-order valence-corrected chi connectivity index (χ4v) is 3.72. The van der Waals surface area contributed by atoms with E-state index in [1.54, 1.807) is 31.2 Å². The van der Waals surface area contributed by atoms with Crippen molar-refractivity contribution < 1.29 is 32.9 Å². The minimum Gasteiger partial charge on any atom is -0.492 e. The van der Waals surface area contributed by atoms with Crippen molar-refractivity contribution in [2.45, 2.75) is 96.4 Å². The summed E-state index contributed by atoms with van der Waals surface area (Å²) in [4.78, 5) is 13.4. The molecular weight excluding hydrogens is 459 g/mol. The standard InChI is InChI=1S/C27H42F3NO4/c1-3-4-5-6-7-8-9-10-11-12-19-31(22(2)26(33)34)20-21-35-24-16-13-23(14-17-24)15-18-25(32)27(28,29)30/h13-18,22,25,32H,3-12,19-21H2,1-2H3,(H,33,34)/b18-15+. The number of hydrogen-bond donors (Lipinski definition) is 2. The molecule has 0 aliphatic heterocycles. The van der Waals surface area contributed by atoms with Crippen LogP contribution in [0.3, 0.4) is 0 Å². The molecule has 0 saturated heterocycles. The summed E-state index contributed by atoms with van der Waals surface area (Å²) in [6.45, 7) is 5.35. The molecule has 5 nitrogen and oxygen atoms in total. The molecule has 200 valence electrons. The minimum absolute atomic E-state index is 0.303. The summed E-state index contributed by atoms with van der Waals surface area (Å²) in [7, 11) is 0. The lowest BCUT2D eigenvalue weighted by Gasteiger charge is -2.26. The molecule has 0 heterocycles. The molecule has 1 rings (SSSR count). The van der Waals surface area contributed by atoms with E-state index in [2.05, 4.69) is 6.92 Å². The zero-order valence-corrected chi connectivity index (χ0v) is 21.1. The van der Waals surface area contributed by atoms with Gasteiger partial charge >= 0.3 is 12.1 Å². The molecule has 0 aliphatic rings. The number of aliphatic carboxylic acids is 1. The molecule has 2 unspecified atom stereocenters. The Bertz CT molecular complexity index is 722. The molecule has 2 N–H and O–H groups in total. The van der Waals surface area contributed by atoms with Gasteiger partial charge in [0.1, 0.15) is 18.4 Å². The molecule has 0 amide bonds. The highest BCUT2D eigenvalue weighted by Gasteiger charge is 2.36. The maximum absolute atomic E-state index is 12.4. The topological polar surface area (TPSA) is 70.0 Å². The number of alkyl halides is 3. The second-order valence-electron chi connectivity index (χ2n) is 9.00. The molecule has 0 aromatic heterocycles. The number of carboxylic acid groups (broad SMARTS) is 1. The van der Waals surface area contributed by atoms with E-state index in [4.69, 9.17) is 9.84 Å². The fraction of sp³-hybridized carbons (Fsp3) is 0.667. The van der Waals surface area contributed by atoms with Gasteiger partial charge in [-0.3, -0.25) is 9.69 Å². The first-order valence-electron chi connectivity index (χ1n) is 12.8. The number of carbonyl (C=O) groups is 1. The number of nitrogens with zero attached hydrogens (tertiary/aromatic N) is 1. The van der Waals surface area contributed by atoms with Crippen molar-refractivity contribution in [1.82, 2.24) is 4.90 Å². The molecule has 0 fully saturated rings. The summed E-state index contributed by atoms with van der Waals surface area (Å²) in [5, 5.41) is 18.4. The number of carboxylic acids is 1. The van der Waals surface area contributed by atoms with Crippen LogP contribution >= 0.6 is 0 Å². The van der Waals surface area contributed by atoms with Crippen LogP contribution < -0.4 is 4.74 Å². The van der Waals surface area contributed by atoms with Gasteiger partial charge in [0.15, 0.2) is 6.10 Å². The van der Waals surface area contributed by atoms with Gasteiger partial charge in [0.05, 0.1) is 0 Å². The van der Waals surface area contributed by atoms with Crippen LogP contribution in [0.2, 0.25) is 0 Å². The summed E-state index contributed by atoms with van der Waals surface area (Å²) in [5.41, 5.74) is 0.503. The van der Waals surface area contributed by atoms with Gasteiger partial charge in [-0.15, -0.1) is 0 Å². The smallest absolute Gasteiger partial charge is 0.417 e. The zero-order valence-electron chi connectivity index (χ0n) is 21.1. The highest BCUT2D eigenvalue weighted by molar-refractivity contribution is 5.72. The molecule has 0 bridgehead atoms. The third-order valence-corrected chi connectivity index (χ3v) is 6.04. The first-order chi connectivity index (χ1) is 16.6. The minimum atomic E-state index is -4.69. The predicted octanol–water partition coefficient (Wildman–Crippen LogP) is 6.70. The van der Waals surface area contributed by atoms with Gasteiger partial charge in [-0.1, -0.05) is 82.9 Å². The first kappa shape index (κ1) is 31.0. The number of aliphatic hydroxyl groups excluding tert-OH is 1. The van der Waals surface area contributed by atoms with E-state index in [-0.39, 0.29) is 0 Å². The molecule has 0 aliphatic carbocycles. The number of aliphatic hydroxyl groups is 1. The number of halogens is 3. The van der Waals surface area contributed by atoms with Crippen LogP contribution in [0.15, 0.2) is 30.3 Å². The van der Waals surface area contributed by atoms with E-state index in [9.17, 15) is 23.1 Å². The molecule has 35 heavy (non-hydrogen) atoms. The van der Waals surface area contributed by atoms with Gasteiger partial charge in [0, 0.05) is 6.54 Å². The number of benzene rings is 1. The summed E-state index contributed by atoms with van der Waals surface area (Å²) < 4.78 is 42.8. The molecule has 0 radical (unpaired) electrons. The van der Waals surface area contributed by atoms with E-state index in [1.165, 1.54) is 57.4 Å². The molecule has 2 atom stereocenters. The SMILES string of the molecule is CCCCCCCCCCCCN(CCOc1ccc(/C=C/C(O)C(F)(F)F)cc1)C(C)C(=O)O. The number of rotatable bonds is 19. The Hall–Kier alpha value is -2.06. The van der Waals surface area contributed by atoms with Crippen LogP contribution in [0.5, 0.6) is 5.75 Å². The van der Waals surface area contributed by atoms with Crippen LogP contribution in [0.4, 0.5) is 13.2 Å². The fourth-order valence-electron chi connectivity index (χ4n) is 3.72. The van der Waals surface area contributed by atoms with Gasteiger partial charge in [0.2, 0.25) is 0 Å². The van der Waals surface area contributed by atoms with E-state index in [1.807, 2.05) is 4.90 Å².